The fourth-order valence-electron chi connectivity index (χ4n) is 3.07. The highest BCUT2D eigenvalue weighted by molar-refractivity contribution is 7.12. The first-order valence-corrected chi connectivity index (χ1v) is 9.72. The van der Waals surface area contributed by atoms with E-state index in [1.54, 1.807) is 23.1 Å². The third-order valence-corrected chi connectivity index (χ3v) is 5.49. The highest BCUT2D eigenvalue weighted by atomic mass is 32.1. The van der Waals surface area contributed by atoms with Gasteiger partial charge >= 0.3 is 0 Å². The molecular formula is C20H22N2O3S. The van der Waals surface area contributed by atoms with E-state index in [1.807, 2.05) is 29.6 Å². The SMILES string of the molecule is O=C(NC1CCN(C(=O)CCC(=O)c2cccs2)CC1)c1ccccc1. The molecule has 5 nitrogen and oxygen atoms in total. The van der Waals surface area contributed by atoms with Gasteiger partial charge in [-0.15, -0.1) is 11.3 Å². The average Bonchev–Trinajstić information content (AvgIpc) is 3.22. The van der Waals surface area contributed by atoms with Gasteiger partial charge in [0.15, 0.2) is 5.78 Å². The van der Waals surface area contributed by atoms with Crippen LogP contribution in [0.1, 0.15) is 45.7 Å². The second-order valence-electron chi connectivity index (χ2n) is 6.40. The smallest absolute Gasteiger partial charge is 0.251 e. The molecule has 1 saturated heterocycles. The number of nitrogens with zero attached hydrogens (tertiary/aromatic N) is 1. The van der Waals surface area contributed by atoms with Gasteiger partial charge in [-0.3, -0.25) is 14.4 Å². The summed E-state index contributed by atoms with van der Waals surface area (Å²) in [4.78, 5) is 39.0. The third kappa shape index (κ3) is 4.79. The summed E-state index contributed by atoms with van der Waals surface area (Å²) >= 11 is 1.41. The summed E-state index contributed by atoms with van der Waals surface area (Å²) < 4.78 is 0. The van der Waals surface area contributed by atoms with E-state index in [1.165, 1.54) is 11.3 Å². The molecule has 136 valence electrons. The normalized spacial score (nSPS) is 14.8. The van der Waals surface area contributed by atoms with Crippen LogP contribution < -0.4 is 5.32 Å². The van der Waals surface area contributed by atoms with Crippen LogP contribution in [-0.2, 0) is 4.79 Å². The van der Waals surface area contributed by atoms with Gasteiger partial charge in [0.2, 0.25) is 5.91 Å². The largest absolute Gasteiger partial charge is 0.349 e. The molecule has 0 saturated carbocycles. The van der Waals surface area contributed by atoms with Crippen LogP contribution in [0.15, 0.2) is 47.8 Å². The number of thiophene rings is 1. The number of Topliss-reactive ketones (excluding diaryl/α,β-unsaturated/α-hetero) is 1. The van der Waals surface area contributed by atoms with Crippen molar-refractivity contribution in [3.8, 4) is 0 Å². The molecule has 6 heteroatoms. The first kappa shape index (κ1) is 18.3. The first-order chi connectivity index (χ1) is 12.6. The van der Waals surface area contributed by atoms with E-state index >= 15 is 0 Å². The van der Waals surface area contributed by atoms with E-state index in [0.29, 0.717) is 23.5 Å². The Morgan fingerprint density at radius 2 is 1.73 bits per heavy atom. The molecule has 1 aromatic heterocycles. The van der Waals surface area contributed by atoms with Crippen LogP contribution >= 0.6 is 11.3 Å². The monoisotopic (exact) mass is 370 g/mol. The van der Waals surface area contributed by atoms with Crippen molar-refractivity contribution in [3.05, 3.63) is 58.3 Å². The second-order valence-corrected chi connectivity index (χ2v) is 7.34. The van der Waals surface area contributed by atoms with Gasteiger partial charge in [-0.2, -0.15) is 0 Å². The molecule has 0 radical (unpaired) electrons. The molecule has 0 unspecified atom stereocenters. The number of benzene rings is 1. The highest BCUT2D eigenvalue weighted by Crippen LogP contribution is 2.16. The lowest BCUT2D eigenvalue weighted by molar-refractivity contribution is -0.132. The van der Waals surface area contributed by atoms with Crippen molar-refractivity contribution in [2.24, 2.45) is 0 Å². The van der Waals surface area contributed by atoms with Crippen molar-refractivity contribution < 1.29 is 14.4 Å². The zero-order valence-electron chi connectivity index (χ0n) is 14.5. The minimum Gasteiger partial charge on any atom is -0.349 e. The molecule has 1 aliphatic rings. The summed E-state index contributed by atoms with van der Waals surface area (Å²) in [5.74, 6) is -0.0296. The predicted molar refractivity (Wildman–Crippen MR) is 101 cm³/mol. The molecule has 1 aromatic carbocycles. The number of hydrogen-bond donors (Lipinski definition) is 1. The van der Waals surface area contributed by atoms with Crippen LogP contribution in [0.2, 0.25) is 0 Å². The Bertz CT molecular complexity index is 751. The molecule has 1 fully saturated rings. The van der Waals surface area contributed by atoms with Crippen LogP contribution in [0.5, 0.6) is 0 Å². The average molecular weight is 370 g/mol. The number of ketones is 1. The summed E-state index contributed by atoms with van der Waals surface area (Å²) in [7, 11) is 0. The number of hydrogen-bond acceptors (Lipinski definition) is 4. The summed E-state index contributed by atoms with van der Waals surface area (Å²) in [6, 6.07) is 12.9. The molecule has 2 heterocycles. The van der Waals surface area contributed by atoms with E-state index in [-0.39, 0.29) is 36.5 Å². The number of rotatable bonds is 6. The predicted octanol–water partition coefficient (Wildman–Crippen LogP) is 3.13. The topological polar surface area (TPSA) is 66.5 Å². The van der Waals surface area contributed by atoms with Crippen LogP contribution in [-0.4, -0.2) is 41.6 Å². The maximum absolute atomic E-state index is 12.3. The maximum Gasteiger partial charge on any atom is 0.251 e. The van der Waals surface area contributed by atoms with E-state index < -0.39 is 0 Å². The van der Waals surface area contributed by atoms with Gasteiger partial charge in [0.1, 0.15) is 0 Å². The first-order valence-electron chi connectivity index (χ1n) is 8.84. The van der Waals surface area contributed by atoms with Gasteiger partial charge < -0.3 is 10.2 Å². The fourth-order valence-corrected chi connectivity index (χ4v) is 3.76. The van der Waals surface area contributed by atoms with Crippen LogP contribution in [0.4, 0.5) is 0 Å². The Morgan fingerprint density at radius 1 is 1.00 bits per heavy atom. The number of piperidine rings is 1. The summed E-state index contributed by atoms with van der Waals surface area (Å²) in [5, 5.41) is 4.90. The zero-order chi connectivity index (χ0) is 18.4. The van der Waals surface area contributed by atoms with E-state index in [0.717, 1.165) is 12.8 Å². The minimum atomic E-state index is -0.0723. The van der Waals surface area contributed by atoms with Crippen LogP contribution in [0.3, 0.4) is 0 Å². The van der Waals surface area contributed by atoms with E-state index in [2.05, 4.69) is 5.32 Å². The lowest BCUT2D eigenvalue weighted by Crippen LogP contribution is -2.46. The van der Waals surface area contributed by atoms with Gasteiger partial charge in [-0.25, -0.2) is 0 Å². The van der Waals surface area contributed by atoms with Crippen LogP contribution in [0, 0.1) is 0 Å². The molecule has 1 aliphatic heterocycles. The lowest BCUT2D eigenvalue weighted by atomic mass is 10.0. The van der Waals surface area contributed by atoms with E-state index in [4.69, 9.17) is 0 Å². The third-order valence-electron chi connectivity index (χ3n) is 4.58. The molecule has 0 spiro atoms. The molecular weight excluding hydrogens is 348 g/mol. The molecule has 1 N–H and O–H groups in total. The summed E-state index contributed by atoms with van der Waals surface area (Å²) in [6.07, 6.45) is 1.98. The highest BCUT2D eigenvalue weighted by Gasteiger charge is 2.24. The van der Waals surface area contributed by atoms with Gasteiger partial charge in [-0.05, 0) is 36.4 Å². The summed E-state index contributed by atoms with van der Waals surface area (Å²) in [5.41, 5.74) is 0.651. The van der Waals surface area contributed by atoms with Crippen LogP contribution in [0.25, 0.3) is 0 Å². The molecule has 0 atom stereocenters. The molecule has 26 heavy (non-hydrogen) atoms. The standard InChI is InChI=1S/C20H22N2O3S/c23-17(18-7-4-14-26-18)8-9-19(24)22-12-10-16(11-13-22)21-20(25)15-5-2-1-3-6-15/h1-7,14,16H,8-13H2,(H,21,25). The maximum atomic E-state index is 12.3. The summed E-state index contributed by atoms with van der Waals surface area (Å²) in [6.45, 7) is 1.23. The molecule has 2 amide bonds. The Kier molecular flexibility index (Phi) is 6.17. The van der Waals surface area contributed by atoms with Gasteiger partial charge in [0, 0.05) is 37.5 Å². The Labute approximate surface area is 157 Å². The second kappa shape index (κ2) is 8.76. The van der Waals surface area contributed by atoms with Crippen molar-refractivity contribution >= 4 is 28.9 Å². The molecule has 3 rings (SSSR count). The number of nitrogens with one attached hydrogen (secondary N) is 1. The number of likely N-dealkylation sites (tertiary alicyclic amines) is 1. The lowest BCUT2D eigenvalue weighted by Gasteiger charge is -2.32. The Hall–Kier alpha value is -2.47. The van der Waals surface area contributed by atoms with Crippen molar-refractivity contribution in [3.63, 3.8) is 0 Å². The van der Waals surface area contributed by atoms with Crippen molar-refractivity contribution in [1.82, 2.24) is 10.2 Å². The number of amides is 2. The van der Waals surface area contributed by atoms with Gasteiger partial charge in [0.05, 0.1) is 4.88 Å². The quantitative estimate of drug-likeness (QED) is 0.795. The van der Waals surface area contributed by atoms with Crippen molar-refractivity contribution in [2.45, 2.75) is 31.7 Å². The van der Waals surface area contributed by atoms with Gasteiger partial charge in [-0.1, -0.05) is 24.3 Å². The van der Waals surface area contributed by atoms with Crippen molar-refractivity contribution in [1.29, 1.82) is 0 Å². The fraction of sp³-hybridized carbons (Fsp3) is 0.350. The van der Waals surface area contributed by atoms with Crippen molar-refractivity contribution in [2.75, 3.05) is 13.1 Å². The molecule has 0 aliphatic carbocycles. The number of carbonyl (C=O) groups excluding carboxylic acids is 3. The van der Waals surface area contributed by atoms with E-state index in [9.17, 15) is 14.4 Å². The molecule has 0 bridgehead atoms. The molecule has 2 aromatic rings. The Morgan fingerprint density at radius 3 is 2.38 bits per heavy atom. The number of carbonyl (C=O) groups is 3. The Balaban J connectivity index is 1.41. The van der Waals surface area contributed by atoms with Gasteiger partial charge in [0.25, 0.3) is 5.91 Å². The zero-order valence-corrected chi connectivity index (χ0v) is 15.3. The minimum absolute atomic E-state index is 0.0164.